The number of carboxylic acid groups (broad SMARTS) is 1. The number of rotatable bonds is 7. The standard InChI is InChI=1S/C11H21NO4S/c13-11(14)5-4-9-17(15,16)10-8-12-6-2-1-3-7-12/h1-10H2,(H,13,14). The predicted molar refractivity (Wildman–Crippen MR) is 65.8 cm³/mol. The van der Waals surface area contributed by atoms with Gasteiger partial charge in [0, 0.05) is 13.0 Å². The van der Waals surface area contributed by atoms with Crippen LogP contribution in [0.3, 0.4) is 0 Å². The van der Waals surface area contributed by atoms with Crippen LogP contribution in [0.4, 0.5) is 0 Å². The van der Waals surface area contributed by atoms with Crippen molar-refractivity contribution in [3.05, 3.63) is 0 Å². The number of sulfone groups is 1. The Hall–Kier alpha value is -0.620. The van der Waals surface area contributed by atoms with Gasteiger partial charge in [-0.3, -0.25) is 4.79 Å². The van der Waals surface area contributed by atoms with E-state index in [2.05, 4.69) is 4.90 Å². The Labute approximate surface area is 103 Å². The third-order valence-corrected chi connectivity index (χ3v) is 4.73. The molecule has 1 fully saturated rings. The number of hydrogen-bond donors (Lipinski definition) is 1. The van der Waals surface area contributed by atoms with E-state index in [0.717, 1.165) is 25.9 Å². The summed E-state index contributed by atoms with van der Waals surface area (Å²) in [6.07, 6.45) is 3.70. The lowest BCUT2D eigenvalue weighted by Gasteiger charge is -2.26. The molecule has 0 aromatic rings. The van der Waals surface area contributed by atoms with Crippen LogP contribution in [0.2, 0.25) is 0 Å². The van der Waals surface area contributed by atoms with Crippen molar-refractivity contribution >= 4 is 15.8 Å². The first kappa shape index (κ1) is 14.4. The number of carboxylic acids is 1. The van der Waals surface area contributed by atoms with Crippen LogP contribution in [0.25, 0.3) is 0 Å². The van der Waals surface area contributed by atoms with Gasteiger partial charge in [0.2, 0.25) is 0 Å². The molecule has 0 spiro atoms. The van der Waals surface area contributed by atoms with Gasteiger partial charge in [0.25, 0.3) is 0 Å². The van der Waals surface area contributed by atoms with E-state index in [4.69, 9.17) is 5.11 Å². The van der Waals surface area contributed by atoms with Crippen LogP contribution in [0.15, 0.2) is 0 Å². The molecule has 1 N–H and O–H groups in total. The highest BCUT2D eigenvalue weighted by molar-refractivity contribution is 7.91. The maximum Gasteiger partial charge on any atom is 0.303 e. The van der Waals surface area contributed by atoms with Gasteiger partial charge in [-0.15, -0.1) is 0 Å². The lowest BCUT2D eigenvalue weighted by molar-refractivity contribution is -0.137. The predicted octanol–water partition coefficient (Wildman–Crippen LogP) is 0.752. The highest BCUT2D eigenvalue weighted by atomic mass is 32.2. The van der Waals surface area contributed by atoms with Gasteiger partial charge in [-0.25, -0.2) is 8.42 Å². The first-order valence-corrected chi connectivity index (χ1v) is 7.96. The molecule has 0 unspecified atom stereocenters. The Kier molecular flexibility index (Phi) is 5.91. The zero-order valence-corrected chi connectivity index (χ0v) is 10.9. The largest absolute Gasteiger partial charge is 0.481 e. The number of nitrogens with zero attached hydrogens (tertiary/aromatic N) is 1. The van der Waals surface area contributed by atoms with E-state index in [-0.39, 0.29) is 24.3 Å². The summed E-state index contributed by atoms with van der Waals surface area (Å²) in [6, 6.07) is 0. The highest BCUT2D eigenvalue weighted by Gasteiger charge is 2.15. The molecule has 0 bridgehead atoms. The zero-order valence-electron chi connectivity index (χ0n) is 10.1. The molecule has 6 heteroatoms. The Bertz CT molecular complexity index is 333. The monoisotopic (exact) mass is 263 g/mol. The minimum atomic E-state index is -3.08. The summed E-state index contributed by atoms with van der Waals surface area (Å²) in [4.78, 5) is 12.5. The van der Waals surface area contributed by atoms with Gasteiger partial charge in [-0.1, -0.05) is 6.42 Å². The first-order chi connectivity index (χ1) is 7.99. The van der Waals surface area contributed by atoms with E-state index < -0.39 is 15.8 Å². The van der Waals surface area contributed by atoms with E-state index in [1.807, 2.05) is 0 Å². The molecule has 1 rings (SSSR count). The second-order valence-corrected chi connectivity index (χ2v) is 6.86. The molecule has 0 aromatic carbocycles. The molecule has 0 radical (unpaired) electrons. The Balaban J connectivity index is 2.21. The van der Waals surface area contributed by atoms with Crippen LogP contribution in [-0.2, 0) is 14.6 Å². The molecule has 0 amide bonds. The van der Waals surface area contributed by atoms with E-state index >= 15 is 0 Å². The van der Waals surface area contributed by atoms with Crippen molar-refractivity contribution in [2.24, 2.45) is 0 Å². The SMILES string of the molecule is O=C(O)CCCS(=O)(=O)CCN1CCCCC1. The molecule has 100 valence electrons. The number of aliphatic carboxylic acids is 1. The van der Waals surface area contributed by atoms with Crippen molar-refractivity contribution < 1.29 is 18.3 Å². The van der Waals surface area contributed by atoms with E-state index in [9.17, 15) is 13.2 Å². The molecule has 0 aromatic heterocycles. The Morgan fingerprint density at radius 1 is 1.12 bits per heavy atom. The zero-order chi connectivity index (χ0) is 12.7. The minimum absolute atomic E-state index is 0.00681. The number of piperidine rings is 1. The fraction of sp³-hybridized carbons (Fsp3) is 0.909. The maximum absolute atomic E-state index is 11.6. The summed E-state index contributed by atoms with van der Waals surface area (Å²) >= 11 is 0. The van der Waals surface area contributed by atoms with Gasteiger partial charge in [0.05, 0.1) is 11.5 Å². The molecule has 0 aliphatic carbocycles. The van der Waals surface area contributed by atoms with Gasteiger partial charge in [0.1, 0.15) is 0 Å². The number of carbonyl (C=O) groups is 1. The fourth-order valence-corrected chi connectivity index (χ4v) is 3.32. The lowest BCUT2D eigenvalue weighted by Crippen LogP contribution is -2.34. The lowest BCUT2D eigenvalue weighted by atomic mass is 10.1. The molecular weight excluding hydrogens is 242 g/mol. The third kappa shape index (κ3) is 6.63. The smallest absolute Gasteiger partial charge is 0.303 e. The molecule has 17 heavy (non-hydrogen) atoms. The minimum Gasteiger partial charge on any atom is -0.481 e. The average molecular weight is 263 g/mol. The Morgan fingerprint density at radius 2 is 1.76 bits per heavy atom. The van der Waals surface area contributed by atoms with Crippen LogP contribution in [-0.4, -0.2) is 55.5 Å². The fourth-order valence-electron chi connectivity index (χ4n) is 2.00. The molecule has 1 saturated heterocycles. The van der Waals surface area contributed by atoms with E-state index in [0.29, 0.717) is 6.54 Å². The van der Waals surface area contributed by atoms with Crippen molar-refractivity contribution in [3.63, 3.8) is 0 Å². The molecular formula is C11H21NO4S. The summed E-state index contributed by atoms with van der Waals surface area (Å²) in [6.45, 7) is 2.57. The van der Waals surface area contributed by atoms with Crippen molar-refractivity contribution in [1.82, 2.24) is 4.90 Å². The molecule has 0 saturated carbocycles. The van der Waals surface area contributed by atoms with E-state index in [1.54, 1.807) is 0 Å². The normalized spacial score (nSPS) is 18.1. The number of hydrogen-bond acceptors (Lipinski definition) is 4. The van der Waals surface area contributed by atoms with Crippen molar-refractivity contribution in [3.8, 4) is 0 Å². The third-order valence-electron chi connectivity index (χ3n) is 3.01. The van der Waals surface area contributed by atoms with Crippen molar-refractivity contribution in [1.29, 1.82) is 0 Å². The van der Waals surface area contributed by atoms with Gasteiger partial charge in [-0.05, 0) is 32.4 Å². The summed E-state index contributed by atoms with van der Waals surface area (Å²) < 4.78 is 23.3. The summed E-state index contributed by atoms with van der Waals surface area (Å²) in [5.74, 6) is -0.782. The second-order valence-electron chi connectivity index (χ2n) is 4.55. The van der Waals surface area contributed by atoms with Crippen LogP contribution >= 0.6 is 0 Å². The van der Waals surface area contributed by atoms with Crippen molar-refractivity contribution in [2.75, 3.05) is 31.1 Å². The van der Waals surface area contributed by atoms with Gasteiger partial charge in [-0.2, -0.15) is 0 Å². The van der Waals surface area contributed by atoms with Crippen LogP contribution in [0.1, 0.15) is 32.1 Å². The quantitative estimate of drug-likeness (QED) is 0.733. The summed E-state index contributed by atoms with van der Waals surface area (Å²) in [5, 5.41) is 8.44. The van der Waals surface area contributed by atoms with Gasteiger partial charge in [0.15, 0.2) is 9.84 Å². The first-order valence-electron chi connectivity index (χ1n) is 6.14. The van der Waals surface area contributed by atoms with Crippen LogP contribution < -0.4 is 0 Å². The summed E-state index contributed by atoms with van der Waals surface area (Å²) in [5.41, 5.74) is 0. The molecule has 5 nitrogen and oxygen atoms in total. The highest BCUT2D eigenvalue weighted by Crippen LogP contribution is 2.08. The summed E-state index contributed by atoms with van der Waals surface area (Å²) in [7, 11) is -3.08. The van der Waals surface area contributed by atoms with E-state index in [1.165, 1.54) is 6.42 Å². The Morgan fingerprint density at radius 3 is 2.35 bits per heavy atom. The van der Waals surface area contributed by atoms with Crippen molar-refractivity contribution in [2.45, 2.75) is 32.1 Å². The topological polar surface area (TPSA) is 74.7 Å². The number of likely N-dealkylation sites (tertiary alicyclic amines) is 1. The maximum atomic E-state index is 11.6. The van der Waals surface area contributed by atoms with Crippen LogP contribution in [0.5, 0.6) is 0 Å². The molecule has 1 aliphatic heterocycles. The average Bonchev–Trinajstić information content (AvgIpc) is 2.27. The van der Waals surface area contributed by atoms with Gasteiger partial charge < -0.3 is 10.0 Å². The molecule has 0 atom stereocenters. The van der Waals surface area contributed by atoms with Crippen LogP contribution in [0, 0.1) is 0 Å². The molecule has 1 heterocycles. The molecule has 1 aliphatic rings. The van der Waals surface area contributed by atoms with Gasteiger partial charge >= 0.3 is 5.97 Å². The second kappa shape index (κ2) is 6.96.